The Morgan fingerprint density at radius 3 is 2.56 bits per heavy atom. The summed E-state index contributed by atoms with van der Waals surface area (Å²) in [4.78, 5) is 10.5. The van der Waals surface area contributed by atoms with Crippen LogP contribution < -0.4 is 5.73 Å². The Labute approximate surface area is 96.9 Å². The van der Waals surface area contributed by atoms with Gasteiger partial charge in [-0.05, 0) is 32.7 Å². The van der Waals surface area contributed by atoms with Crippen LogP contribution in [0.3, 0.4) is 0 Å². The van der Waals surface area contributed by atoms with E-state index in [1.165, 1.54) is 6.92 Å². The van der Waals surface area contributed by atoms with Gasteiger partial charge in [0.25, 0.3) is 0 Å². The minimum absolute atomic E-state index is 0.0332. The van der Waals surface area contributed by atoms with Crippen LogP contribution in [0.25, 0.3) is 0 Å². The van der Waals surface area contributed by atoms with Gasteiger partial charge in [0.2, 0.25) is 0 Å². The van der Waals surface area contributed by atoms with Crippen LogP contribution in [0.2, 0.25) is 0 Å². The van der Waals surface area contributed by atoms with Gasteiger partial charge in [-0.2, -0.15) is 0 Å². The Morgan fingerprint density at radius 1 is 1.25 bits per heavy atom. The number of ketones is 1. The summed E-state index contributed by atoms with van der Waals surface area (Å²) in [5.41, 5.74) is 5.29. The highest BCUT2D eigenvalue weighted by atomic mass is 16.5. The zero-order valence-corrected chi connectivity index (χ0v) is 9.98. The molecule has 16 heavy (non-hydrogen) atoms. The van der Waals surface area contributed by atoms with Crippen LogP contribution >= 0.6 is 0 Å². The zero-order chi connectivity index (χ0) is 12.2. The van der Waals surface area contributed by atoms with E-state index in [-0.39, 0.29) is 18.5 Å². The normalized spacial score (nSPS) is 12.7. The molecule has 0 radical (unpaired) electrons. The van der Waals surface area contributed by atoms with Gasteiger partial charge >= 0.3 is 0 Å². The van der Waals surface area contributed by atoms with Gasteiger partial charge in [-0.25, -0.2) is 0 Å². The molecule has 0 aliphatic carbocycles. The molecule has 0 aromatic heterocycles. The number of carbonyl (C=O) groups excluding carboxylic acids is 1. The van der Waals surface area contributed by atoms with Gasteiger partial charge in [0.15, 0.2) is 5.78 Å². The standard InChI is InChI=1S/C11H23NO4/c1-10(13)9-16-7-2-6-15-8-4-11(14)3-5-12/h11,14H,2-9,12H2,1H3. The van der Waals surface area contributed by atoms with E-state index in [0.717, 1.165) is 6.42 Å². The van der Waals surface area contributed by atoms with Crippen LogP contribution in [0, 0.1) is 0 Å². The molecule has 5 heteroatoms. The van der Waals surface area contributed by atoms with Crippen molar-refractivity contribution in [2.24, 2.45) is 5.73 Å². The SMILES string of the molecule is CC(=O)COCCCOCCC(O)CCN. The predicted molar refractivity (Wildman–Crippen MR) is 61.2 cm³/mol. The maximum Gasteiger partial charge on any atom is 0.155 e. The lowest BCUT2D eigenvalue weighted by atomic mass is 10.2. The molecular formula is C11H23NO4. The summed E-state index contributed by atoms with van der Waals surface area (Å²) < 4.78 is 10.4. The van der Waals surface area contributed by atoms with Crippen LogP contribution in [-0.2, 0) is 14.3 Å². The maximum absolute atomic E-state index is 10.5. The number of ether oxygens (including phenoxy) is 2. The molecule has 0 bridgehead atoms. The number of hydrogen-bond donors (Lipinski definition) is 2. The molecule has 1 unspecified atom stereocenters. The van der Waals surface area contributed by atoms with Gasteiger partial charge in [-0.1, -0.05) is 0 Å². The van der Waals surface area contributed by atoms with E-state index in [1.54, 1.807) is 0 Å². The van der Waals surface area contributed by atoms with Crippen molar-refractivity contribution in [3.05, 3.63) is 0 Å². The van der Waals surface area contributed by atoms with Crippen molar-refractivity contribution < 1.29 is 19.4 Å². The summed E-state index contributed by atoms with van der Waals surface area (Å²) >= 11 is 0. The minimum atomic E-state index is -0.362. The first-order valence-electron chi connectivity index (χ1n) is 5.70. The molecular weight excluding hydrogens is 210 g/mol. The van der Waals surface area contributed by atoms with Crippen molar-refractivity contribution in [2.75, 3.05) is 33.0 Å². The third-order valence-corrected chi connectivity index (χ3v) is 1.98. The number of rotatable bonds is 11. The number of hydrogen-bond acceptors (Lipinski definition) is 5. The summed E-state index contributed by atoms with van der Waals surface area (Å²) in [6.45, 7) is 3.83. The third-order valence-electron chi connectivity index (χ3n) is 1.98. The van der Waals surface area contributed by atoms with Gasteiger partial charge in [0, 0.05) is 19.8 Å². The van der Waals surface area contributed by atoms with E-state index in [2.05, 4.69) is 0 Å². The van der Waals surface area contributed by atoms with E-state index in [0.29, 0.717) is 39.2 Å². The Bertz CT molecular complexity index is 175. The molecule has 0 aromatic carbocycles. The molecule has 0 aliphatic rings. The van der Waals surface area contributed by atoms with Crippen molar-refractivity contribution in [2.45, 2.75) is 32.3 Å². The molecule has 0 aliphatic heterocycles. The molecule has 0 heterocycles. The van der Waals surface area contributed by atoms with Crippen LogP contribution in [0.4, 0.5) is 0 Å². The Hall–Kier alpha value is -0.490. The third kappa shape index (κ3) is 11.6. The largest absolute Gasteiger partial charge is 0.393 e. The molecule has 0 rings (SSSR count). The van der Waals surface area contributed by atoms with E-state index in [9.17, 15) is 9.90 Å². The summed E-state index contributed by atoms with van der Waals surface area (Å²) in [6.07, 6.45) is 1.63. The summed E-state index contributed by atoms with van der Waals surface area (Å²) in [7, 11) is 0. The van der Waals surface area contributed by atoms with E-state index >= 15 is 0 Å². The quantitative estimate of drug-likeness (QED) is 0.495. The van der Waals surface area contributed by atoms with Crippen molar-refractivity contribution in [3.8, 4) is 0 Å². The predicted octanol–water partition coefficient (Wildman–Crippen LogP) is 0.0985. The highest BCUT2D eigenvalue weighted by Crippen LogP contribution is 1.97. The second-order valence-electron chi connectivity index (χ2n) is 3.74. The number of aliphatic hydroxyl groups is 1. The Kier molecular flexibility index (Phi) is 10.7. The lowest BCUT2D eigenvalue weighted by molar-refractivity contribution is -0.121. The van der Waals surface area contributed by atoms with Crippen molar-refractivity contribution in [3.63, 3.8) is 0 Å². The zero-order valence-electron chi connectivity index (χ0n) is 9.98. The molecule has 0 aromatic rings. The van der Waals surface area contributed by atoms with E-state index in [4.69, 9.17) is 15.2 Å². The highest BCUT2D eigenvalue weighted by molar-refractivity contribution is 5.76. The summed E-state index contributed by atoms with van der Waals surface area (Å²) in [5.74, 6) is 0.0332. The minimum Gasteiger partial charge on any atom is -0.393 e. The highest BCUT2D eigenvalue weighted by Gasteiger charge is 2.01. The monoisotopic (exact) mass is 233 g/mol. The molecule has 0 saturated carbocycles. The smallest absolute Gasteiger partial charge is 0.155 e. The summed E-state index contributed by atoms with van der Waals surface area (Å²) in [6, 6.07) is 0. The van der Waals surface area contributed by atoms with Gasteiger partial charge in [-0.3, -0.25) is 4.79 Å². The van der Waals surface area contributed by atoms with Gasteiger partial charge in [-0.15, -0.1) is 0 Å². The first-order valence-corrected chi connectivity index (χ1v) is 5.70. The number of Topliss-reactive ketones (excluding diaryl/α,β-unsaturated/α-hetero) is 1. The van der Waals surface area contributed by atoms with Crippen LogP contribution in [-0.4, -0.2) is 50.0 Å². The first-order chi connectivity index (χ1) is 7.66. The van der Waals surface area contributed by atoms with Crippen LogP contribution in [0.5, 0.6) is 0 Å². The van der Waals surface area contributed by atoms with Gasteiger partial charge in [0.05, 0.1) is 6.10 Å². The molecule has 0 saturated heterocycles. The summed E-state index contributed by atoms with van der Waals surface area (Å²) in [5, 5.41) is 9.33. The van der Waals surface area contributed by atoms with Crippen molar-refractivity contribution >= 4 is 5.78 Å². The fourth-order valence-corrected chi connectivity index (χ4v) is 1.14. The van der Waals surface area contributed by atoms with Gasteiger partial charge < -0.3 is 20.3 Å². The van der Waals surface area contributed by atoms with Crippen molar-refractivity contribution in [1.82, 2.24) is 0 Å². The lowest BCUT2D eigenvalue weighted by Gasteiger charge is -2.09. The van der Waals surface area contributed by atoms with E-state index < -0.39 is 0 Å². The average Bonchev–Trinajstić information content (AvgIpc) is 2.22. The molecule has 0 amide bonds. The second-order valence-corrected chi connectivity index (χ2v) is 3.74. The molecule has 3 N–H and O–H groups in total. The van der Waals surface area contributed by atoms with Crippen molar-refractivity contribution in [1.29, 1.82) is 0 Å². The molecule has 96 valence electrons. The lowest BCUT2D eigenvalue weighted by Crippen LogP contribution is -2.16. The molecule has 0 spiro atoms. The topological polar surface area (TPSA) is 81.8 Å². The van der Waals surface area contributed by atoms with E-state index in [1.807, 2.05) is 0 Å². The fraction of sp³-hybridized carbons (Fsp3) is 0.909. The van der Waals surface area contributed by atoms with Crippen LogP contribution in [0.15, 0.2) is 0 Å². The number of carbonyl (C=O) groups is 1. The number of aliphatic hydroxyl groups excluding tert-OH is 1. The molecule has 0 fully saturated rings. The Morgan fingerprint density at radius 2 is 1.94 bits per heavy atom. The first kappa shape index (κ1) is 15.5. The molecule has 1 atom stereocenters. The average molecular weight is 233 g/mol. The maximum atomic E-state index is 10.5. The second kappa shape index (κ2) is 11.0. The van der Waals surface area contributed by atoms with Gasteiger partial charge in [0.1, 0.15) is 6.61 Å². The van der Waals surface area contributed by atoms with Crippen LogP contribution in [0.1, 0.15) is 26.2 Å². The Balaban J connectivity index is 3.06. The number of nitrogens with two attached hydrogens (primary N) is 1. The fourth-order valence-electron chi connectivity index (χ4n) is 1.14. The molecule has 5 nitrogen and oxygen atoms in total.